The first-order valence-corrected chi connectivity index (χ1v) is 7.57. The van der Waals surface area contributed by atoms with Gasteiger partial charge in [-0.3, -0.25) is 9.67 Å². The standard InChI is InChI=1S/C18H13F2N5/c1-25-10-12(9-22-25)11-7-16-15(21-8-11)5-6-17(23-16)24-18-13(19)3-2-4-14(18)20/h2-10H,1H3,(H,23,24). The Morgan fingerprint density at radius 3 is 2.48 bits per heavy atom. The maximum Gasteiger partial charge on any atom is 0.149 e. The van der Waals surface area contributed by atoms with Gasteiger partial charge in [0.05, 0.1) is 17.2 Å². The summed E-state index contributed by atoms with van der Waals surface area (Å²) in [4.78, 5) is 8.79. The number of hydrogen-bond acceptors (Lipinski definition) is 4. The van der Waals surface area contributed by atoms with Gasteiger partial charge in [-0.25, -0.2) is 13.8 Å². The third kappa shape index (κ3) is 2.91. The molecule has 3 heterocycles. The zero-order valence-corrected chi connectivity index (χ0v) is 13.2. The number of hydrogen-bond donors (Lipinski definition) is 1. The average molecular weight is 337 g/mol. The summed E-state index contributed by atoms with van der Waals surface area (Å²) < 4.78 is 29.3. The van der Waals surface area contributed by atoms with Gasteiger partial charge < -0.3 is 5.32 Å². The van der Waals surface area contributed by atoms with Gasteiger partial charge in [0.15, 0.2) is 0 Å². The number of benzene rings is 1. The smallest absolute Gasteiger partial charge is 0.149 e. The summed E-state index contributed by atoms with van der Waals surface area (Å²) in [5.41, 5.74) is 2.85. The van der Waals surface area contributed by atoms with Gasteiger partial charge in [0.2, 0.25) is 0 Å². The van der Waals surface area contributed by atoms with E-state index < -0.39 is 11.6 Å². The molecule has 0 spiro atoms. The highest BCUT2D eigenvalue weighted by molar-refractivity contribution is 5.81. The molecule has 1 N–H and O–H groups in total. The van der Waals surface area contributed by atoms with Crippen LogP contribution in [0.15, 0.2) is 55.0 Å². The summed E-state index contributed by atoms with van der Waals surface area (Å²) in [5, 5.41) is 6.83. The third-order valence-electron chi connectivity index (χ3n) is 3.79. The SMILES string of the molecule is Cn1cc(-c2cnc3ccc(Nc4c(F)cccc4F)nc3c2)cn1. The van der Waals surface area contributed by atoms with Crippen LogP contribution in [0.3, 0.4) is 0 Å². The van der Waals surface area contributed by atoms with Crippen molar-refractivity contribution in [1.82, 2.24) is 19.7 Å². The Morgan fingerprint density at radius 2 is 1.76 bits per heavy atom. The third-order valence-corrected chi connectivity index (χ3v) is 3.79. The number of rotatable bonds is 3. The van der Waals surface area contributed by atoms with E-state index in [4.69, 9.17) is 0 Å². The lowest BCUT2D eigenvalue weighted by molar-refractivity contribution is 0.590. The van der Waals surface area contributed by atoms with Gasteiger partial charge in [-0.05, 0) is 30.3 Å². The van der Waals surface area contributed by atoms with Crippen LogP contribution in [-0.2, 0) is 7.05 Å². The van der Waals surface area contributed by atoms with Gasteiger partial charge in [-0.15, -0.1) is 0 Å². The quantitative estimate of drug-likeness (QED) is 0.613. The van der Waals surface area contributed by atoms with Crippen molar-refractivity contribution in [3.8, 4) is 11.1 Å². The minimum atomic E-state index is -0.677. The first-order valence-electron chi connectivity index (χ1n) is 7.57. The second-order valence-electron chi connectivity index (χ2n) is 5.58. The molecule has 25 heavy (non-hydrogen) atoms. The highest BCUT2D eigenvalue weighted by atomic mass is 19.1. The molecule has 0 atom stereocenters. The Labute approximate surface area is 142 Å². The molecule has 0 radical (unpaired) electrons. The van der Waals surface area contributed by atoms with Crippen molar-refractivity contribution in [2.24, 2.45) is 7.05 Å². The lowest BCUT2D eigenvalue weighted by Crippen LogP contribution is -1.99. The summed E-state index contributed by atoms with van der Waals surface area (Å²) in [6.45, 7) is 0. The number of para-hydroxylation sites is 1. The molecule has 0 bridgehead atoms. The van der Waals surface area contributed by atoms with Gasteiger partial charge in [-0.1, -0.05) is 6.07 Å². The second-order valence-corrected chi connectivity index (χ2v) is 5.58. The average Bonchev–Trinajstić information content (AvgIpc) is 3.04. The molecule has 5 nitrogen and oxygen atoms in total. The first kappa shape index (κ1) is 15.2. The Hall–Kier alpha value is -3.35. The molecule has 4 aromatic rings. The molecule has 7 heteroatoms. The molecule has 0 unspecified atom stereocenters. The van der Waals surface area contributed by atoms with Crippen molar-refractivity contribution in [3.63, 3.8) is 0 Å². The van der Waals surface area contributed by atoms with Crippen LogP contribution >= 0.6 is 0 Å². The van der Waals surface area contributed by atoms with E-state index in [-0.39, 0.29) is 5.69 Å². The molecule has 0 fully saturated rings. The summed E-state index contributed by atoms with van der Waals surface area (Å²) in [6, 6.07) is 8.93. The minimum Gasteiger partial charge on any atom is -0.335 e. The van der Waals surface area contributed by atoms with E-state index in [1.165, 1.54) is 18.2 Å². The van der Waals surface area contributed by atoms with Crippen LogP contribution in [0.5, 0.6) is 0 Å². The minimum absolute atomic E-state index is 0.231. The fourth-order valence-corrected chi connectivity index (χ4v) is 2.55. The molecular weight excluding hydrogens is 324 g/mol. The first-order chi connectivity index (χ1) is 12.1. The fourth-order valence-electron chi connectivity index (χ4n) is 2.55. The zero-order chi connectivity index (χ0) is 17.4. The van der Waals surface area contributed by atoms with Crippen molar-refractivity contribution in [2.45, 2.75) is 0 Å². The van der Waals surface area contributed by atoms with Gasteiger partial charge in [0.1, 0.15) is 23.1 Å². The van der Waals surface area contributed by atoms with Crippen LogP contribution < -0.4 is 5.32 Å². The van der Waals surface area contributed by atoms with E-state index in [1.54, 1.807) is 29.2 Å². The van der Waals surface area contributed by atoms with E-state index in [2.05, 4.69) is 20.4 Å². The second kappa shape index (κ2) is 5.94. The summed E-state index contributed by atoms with van der Waals surface area (Å²) >= 11 is 0. The van der Waals surface area contributed by atoms with Crippen LogP contribution in [0, 0.1) is 11.6 Å². The van der Waals surface area contributed by atoms with Gasteiger partial charge >= 0.3 is 0 Å². The molecule has 124 valence electrons. The summed E-state index contributed by atoms with van der Waals surface area (Å²) in [7, 11) is 1.83. The van der Waals surface area contributed by atoms with Crippen molar-refractivity contribution >= 4 is 22.5 Å². The molecule has 0 saturated carbocycles. The lowest BCUT2D eigenvalue weighted by Gasteiger charge is -2.09. The van der Waals surface area contributed by atoms with Crippen molar-refractivity contribution in [2.75, 3.05) is 5.32 Å². The Kier molecular flexibility index (Phi) is 3.61. The van der Waals surface area contributed by atoms with E-state index in [9.17, 15) is 8.78 Å². The molecule has 0 saturated heterocycles. The fraction of sp³-hybridized carbons (Fsp3) is 0.0556. The molecule has 0 amide bonds. The Balaban J connectivity index is 1.74. The normalized spacial score (nSPS) is 11.0. The Bertz CT molecular complexity index is 1050. The van der Waals surface area contributed by atoms with Crippen LogP contribution in [0.25, 0.3) is 22.2 Å². The molecule has 0 aliphatic carbocycles. The van der Waals surface area contributed by atoms with Crippen LogP contribution in [0.4, 0.5) is 20.3 Å². The number of nitrogens with zero attached hydrogens (tertiary/aromatic N) is 4. The maximum absolute atomic E-state index is 13.8. The molecule has 3 aromatic heterocycles. The van der Waals surface area contributed by atoms with Gasteiger partial charge in [0, 0.05) is 30.6 Å². The number of aryl methyl sites for hydroxylation is 1. The van der Waals surface area contributed by atoms with Crippen LogP contribution in [0.1, 0.15) is 0 Å². The van der Waals surface area contributed by atoms with Crippen LogP contribution in [0.2, 0.25) is 0 Å². The van der Waals surface area contributed by atoms with E-state index >= 15 is 0 Å². The highest BCUT2D eigenvalue weighted by Gasteiger charge is 2.10. The van der Waals surface area contributed by atoms with Crippen molar-refractivity contribution < 1.29 is 8.78 Å². The monoisotopic (exact) mass is 337 g/mol. The largest absolute Gasteiger partial charge is 0.335 e. The molecular formula is C18H13F2N5. The van der Waals surface area contributed by atoms with Crippen LogP contribution in [-0.4, -0.2) is 19.7 Å². The lowest BCUT2D eigenvalue weighted by atomic mass is 10.1. The predicted octanol–water partition coefficient (Wildman–Crippen LogP) is 4.05. The maximum atomic E-state index is 13.8. The molecule has 0 aliphatic rings. The number of aromatic nitrogens is 4. The number of nitrogens with one attached hydrogen (secondary N) is 1. The number of halogens is 2. The summed E-state index contributed by atoms with van der Waals surface area (Å²) in [5.74, 6) is -1.02. The van der Waals surface area contributed by atoms with E-state index in [0.29, 0.717) is 16.9 Å². The molecule has 0 aliphatic heterocycles. The summed E-state index contributed by atoms with van der Waals surface area (Å²) in [6.07, 6.45) is 5.35. The highest BCUT2D eigenvalue weighted by Crippen LogP contribution is 2.25. The number of fused-ring (bicyclic) bond motifs is 1. The zero-order valence-electron chi connectivity index (χ0n) is 13.2. The van der Waals surface area contributed by atoms with Gasteiger partial charge in [-0.2, -0.15) is 5.10 Å². The van der Waals surface area contributed by atoms with E-state index in [0.717, 1.165) is 11.1 Å². The number of anilines is 2. The Morgan fingerprint density at radius 1 is 0.960 bits per heavy atom. The molecule has 1 aromatic carbocycles. The topological polar surface area (TPSA) is 55.6 Å². The van der Waals surface area contributed by atoms with Crippen molar-refractivity contribution in [1.29, 1.82) is 0 Å². The predicted molar refractivity (Wildman–Crippen MR) is 91.4 cm³/mol. The van der Waals surface area contributed by atoms with E-state index in [1.807, 2.05) is 19.3 Å². The molecule has 4 rings (SSSR count). The van der Waals surface area contributed by atoms with Gasteiger partial charge in [0.25, 0.3) is 0 Å². The number of pyridine rings is 2. The van der Waals surface area contributed by atoms with Crippen molar-refractivity contribution in [3.05, 3.63) is 66.6 Å².